The Hall–Kier alpha value is -1.97. The molecule has 1 aromatic heterocycles. The molecule has 0 unspecified atom stereocenters. The highest BCUT2D eigenvalue weighted by Crippen LogP contribution is 2.30. The van der Waals surface area contributed by atoms with Crippen molar-refractivity contribution in [1.29, 1.82) is 0 Å². The summed E-state index contributed by atoms with van der Waals surface area (Å²) in [6.45, 7) is 2.50. The number of aromatic nitrogens is 1. The van der Waals surface area contributed by atoms with Crippen molar-refractivity contribution >= 4 is 40.4 Å². The van der Waals surface area contributed by atoms with Crippen LogP contribution < -0.4 is 4.74 Å². The summed E-state index contributed by atoms with van der Waals surface area (Å²) in [6, 6.07) is 11.2. The van der Waals surface area contributed by atoms with Gasteiger partial charge >= 0.3 is 0 Å². The molecule has 0 aliphatic heterocycles. The minimum Gasteiger partial charge on any atom is -0.497 e. The first kappa shape index (κ1) is 15.9. The van der Waals surface area contributed by atoms with E-state index < -0.39 is 0 Å². The number of hydrogen-bond acceptors (Lipinski definition) is 2. The predicted octanol–water partition coefficient (Wildman–Crippen LogP) is 5.13. The van der Waals surface area contributed by atoms with Gasteiger partial charge in [0.05, 0.1) is 7.11 Å². The van der Waals surface area contributed by atoms with Gasteiger partial charge in [-0.05, 0) is 42.8 Å². The van der Waals surface area contributed by atoms with E-state index in [9.17, 15) is 4.79 Å². The first-order chi connectivity index (χ1) is 11.0. The second kappa shape index (κ2) is 6.26. The van der Waals surface area contributed by atoms with E-state index in [1.165, 1.54) is 0 Å². The van der Waals surface area contributed by atoms with E-state index in [4.69, 9.17) is 27.9 Å². The Kier molecular flexibility index (Phi) is 4.33. The molecule has 118 valence electrons. The topological polar surface area (TPSA) is 31.2 Å². The van der Waals surface area contributed by atoms with Crippen LogP contribution in [0.25, 0.3) is 10.9 Å². The average molecular weight is 348 g/mol. The molecule has 3 aromatic rings. The largest absolute Gasteiger partial charge is 0.497 e. The Morgan fingerprint density at radius 3 is 2.61 bits per heavy atom. The summed E-state index contributed by atoms with van der Waals surface area (Å²) in [5, 5.41) is 2.09. The molecule has 0 radical (unpaired) electrons. The highest BCUT2D eigenvalue weighted by Gasteiger charge is 2.15. The Morgan fingerprint density at radius 2 is 1.96 bits per heavy atom. The number of benzene rings is 2. The molecule has 0 bridgehead atoms. The zero-order valence-corrected chi connectivity index (χ0v) is 14.3. The van der Waals surface area contributed by atoms with Crippen LogP contribution in [0.1, 0.15) is 21.6 Å². The van der Waals surface area contributed by atoms with Crippen LogP contribution in [0.2, 0.25) is 10.0 Å². The second-order valence-corrected chi connectivity index (χ2v) is 6.17. The SMILES string of the molecule is COc1ccc2c(c1)c(C=O)c(C)n2Cc1ccc(Cl)cc1Cl. The van der Waals surface area contributed by atoms with Gasteiger partial charge in [0.25, 0.3) is 0 Å². The van der Waals surface area contributed by atoms with Gasteiger partial charge in [0.2, 0.25) is 0 Å². The van der Waals surface area contributed by atoms with Crippen LogP contribution in [0.15, 0.2) is 36.4 Å². The van der Waals surface area contributed by atoms with Crippen molar-refractivity contribution in [1.82, 2.24) is 4.57 Å². The molecule has 3 nitrogen and oxygen atoms in total. The van der Waals surface area contributed by atoms with Crippen molar-refractivity contribution in [2.24, 2.45) is 0 Å². The van der Waals surface area contributed by atoms with Crippen LogP contribution in [0, 0.1) is 6.92 Å². The first-order valence-electron chi connectivity index (χ1n) is 7.11. The smallest absolute Gasteiger partial charge is 0.152 e. The van der Waals surface area contributed by atoms with Crippen molar-refractivity contribution < 1.29 is 9.53 Å². The van der Waals surface area contributed by atoms with Crippen LogP contribution in [-0.4, -0.2) is 18.0 Å². The molecule has 1 heterocycles. The zero-order valence-electron chi connectivity index (χ0n) is 12.8. The van der Waals surface area contributed by atoms with E-state index >= 15 is 0 Å². The van der Waals surface area contributed by atoms with Crippen molar-refractivity contribution in [3.8, 4) is 5.75 Å². The number of ether oxygens (including phenoxy) is 1. The maximum atomic E-state index is 11.5. The van der Waals surface area contributed by atoms with Crippen LogP contribution in [-0.2, 0) is 6.54 Å². The minimum absolute atomic E-state index is 0.568. The van der Waals surface area contributed by atoms with Gasteiger partial charge in [0.15, 0.2) is 6.29 Å². The number of methoxy groups -OCH3 is 1. The van der Waals surface area contributed by atoms with Gasteiger partial charge in [-0.1, -0.05) is 29.3 Å². The average Bonchev–Trinajstić information content (AvgIpc) is 2.80. The highest BCUT2D eigenvalue weighted by atomic mass is 35.5. The second-order valence-electron chi connectivity index (χ2n) is 5.32. The molecule has 3 rings (SSSR count). The Morgan fingerprint density at radius 1 is 1.17 bits per heavy atom. The minimum atomic E-state index is 0.568. The van der Waals surface area contributed by atoms with Crippen LogP contribution in [0.3, 0.4) is 0 Å². The number of halogens is 2. The molecule has 0 atom stereocenters. The summed E-state index contributed by atoms with van der Waals surface area (Å²) in [6.07, 6.45) is 0.886. The van der Waals surface area contributed by atoms with Gasteiger partial charge in [-0.15, -0.1) is 0 Å². The normalized spacial score (nSPS) is 11.0. The number of hydrogen-bond donors (Lipinski definition) is 0. The summed E-state index contributed by atoms with van der Waals surface area (Å²) >= 11 is 12.2. The summed E-state index contributed by atoms with van der Waals surface area (Å²) < 4.78 is 7.34. The molecule has 0 aliphatic rings. The van der Waals surface area contributed by atoms with E-state index in [2.05, 4.69) is 4.57 Å². The molecular weight excluding hydrogens is 333 g/mol. The fourth-order valence-corrected chi connectivity index (χ4v) is 3.26. The van der Waals surface area contributed by atoms with Gasteiger partial charge in [-0.2, -0.15) is 0 Å². The maximum absolute atomic E-state index is 11.5. The number of nitrogens with zero attached hydrogens (tertiary/aromatic N) is 1. The van der Waals surface area contributed by atoms with Gasteiger partial charge in [0, 0.05) is 38.8 Å². The van der Waals surface area contributed by atoms with Gasteiger partial charge in [0.1, 0.15) is 5.75 Å². The summed E-state index contributed by atoms with van der Waals surface area (Å²) in [5.41, 5.74) is 3.49. The van der Waals surface area contributed by atoms with Crippen molar-refractivity contribution in [2.75, 3.05) is 7.11 Å². The molecular formula is C18H15Cl2NO2. The number of rotatable bonds is 4. The highest BCUT2D eigenvalue weighted by molar-refractivity contribution is 6.35. The Balaban J connectivity index is 2.17. The third-order valence-electron chi connectivity index (χ3n) is 4.04. The van der Waals surface area contributed by atoms with E-state index in [1.54, 1.807) is 13.2 Å². The van der Waals surface area contributed by atoms with Crippen LogP contribution >= 0.6 is 23.2 Å². The third-order valence-corrected chi connectivity index (χ3v) is 4.63. The molecule has 0 saturated heterocycles. The lowest BCUT2D eigenvalue weighted by atomic mass is 10.1. The Labute approximate surface area is 144 Å². The lowest BCUT2D eigenvalue weighted by Crippen LogP contribution is -2.03. The fourth-order valence-electron chi connectivity index (χ4n) is 2.79. The molecule has 0 amide bonds. The lowest BCUT2D eigenvalue weighted by Gasteiger charge is -2.11. The summed E-state index contributed by atoms with van der Waals surface area (Å²) in [4.78, 5) is 11.5. The number of aldehydes is 1. The quantitative estimate of drug-likeness (QED) is 0.613. The number of carbonyl (C=O) groups is 1. The summed E-state index contributed by atoms with van der Waals surface area (Å²) in [7, 11) is 1.61. The zero-order chi connectivity index (χ0) is 16.6. The van der Waals surface area contributed by atoms with E-state index in [0.29, 0.717) is 22.2 Å². The van der Waals surface area contributed by atoms with E-state index in [1.807, 2.05) is 37.3 Å². The van der Waals surface area contributed by atoms with Crippen molar-refractivity contribution in [3.05, 3.63) is 63.3 Å². The monoisotopic (exact) mass is 347 g/mol. The maximum Gasteiger partial charge on any atom is 0.152 e. The van der Waals surface area contributed by atoms with Gasteiger partial charge in [-0.25, -0.2) is 0 Å². The fraction of sp³-hybridized carbons (Fsp3) is 0.167. The summed E-state index contributed by atoms with van der Waals surface area (Å²) in [5.74, 6) is 0.724. The van der Waals surface area contributed by atoms with Gasteiger partial charge < -0.3 is 9.30 Å². The molecule has 2 aromatic carbocycles. The van der Waals surface area contributed by atoms with Crippen molar-refractivity contribution in [2.45, 2.75) is 13.5 Å². The molecule has 5 heteroatoms. The molecule has 23 heavy (non-hydrogen) atoms. The molecule has 0 fully saturated rings. The molecule has 0 saturated carbocycles. The van der Waals surface area contributed by atoms with Crippen LogP contribution in [0.5, 0.6) is 5.75 Å². The van der Waals surface area contributed by atoms with E-state index in [0.717, 1.165) is 34.2 Å². The van der Waals surface area contributed by atoms with Crippen LogP contribution in [0.4, 0.5) is 0 Å². The predicted molar refractivity (Wildman–Crippen MR) is 94.2 cm³/mol. The third kappa shape index (κ3) is 2.82. The van der Waals surface area contributed by atoms with Gasteiger partial charge in [-0.3, -0.25) is 4.79 Å². The lowest BCUT2D eigenvalue weighted by molar-refractivity contribution is 0.112. The van der Waals surface area contributed by atoms with E-state index in [-0.39, 0.29) is 0 Å². The molecule has 0 spiro atoms. The van der Waals surface area contributed by atoms with Crippen molar-refractivity contribution in [3.63, 3.8) is 0 Å². The standard InChI is InChI=1S/C18H15Cl2NO2/c1-11-16(10-22)15-8-14(23-2)5-6-18(15)21(11)9-12-3-4-13(19)7-17(12)20/h3-8,10H,9H2,1-2H3. The molecule has 0 aliphatic carbocycles. The number of carbonyl (C=O) groups excluding carboxylic acids is 1. The Bertz CT molecular complexity index is 900. The number of fused-ring (bicyclic) bond motifs is 1. The first-order valence-corrected chi connectivity index (χ1v) is 7.86. The molecule has 0 N–H and O–H groups in total.